The van der Waals surface area contributed by atoms with E-state index in [1.165, 1.54) is 0 Å². The van der Waals surface area contributed by atoms with Gasteiger partial charge in [-0.1, -0.05) is 29.8 Å². The largest absolute Gasteiger partial charge is 0.341 e. The number of aromatic nitrogens is 2. The molecule has 1 aliphatic rings. The number of thioether (sulfide) groups is 1. The topological polar surface area (TPSA) is 49.0 Å². The van der Waals surface area contributed by atoms with Gasteiger partial charge in [0.05, 0.1) is 5.75 Å². The zero-order chi connectivity index (χ0) is 16.1. The number of likely N-dealkylation sites (tertiary alicyclic amines) is 1. The summed E-state index contributed by atoms with van der Waals surface area (Å²) < 4.78 is 0. The van der Waals surface area contributed by atoms with Crippen LogP contribution in [0.3, 0.4) is 0 Å². The predicted octanol–water partition coefficient (Wildman–Crippen LogP) is 3.70. The summed E-state index contributed by atoms with van der Waals surface area (Å²) in [5, 5.41) is 7.81. The van der Waals surface area contributed by atoms with Crippen LogP contribution in [0.2, 0.25) is 5.02 Å². The van der Waals surface area contributed by atoms with E-state index in [0.717, 1.165) is 48.0 Å². The summed E-state index contributed by atoms with van der Waals surface area (Å²) in [7, 11) is 0. The minimum absolute atomic E-state index is 0.214. The maximum absolute atomic E-state index is 12.4. The number of carbonyl (C=O) groups is 1. The molecule has 4 nitrogen and oxygen atoms in total. The van der Waals surface area contributed by atoms with Crippen LogP contribution in [0.1, 0.15) is 30.0 Å². The first-order valence-corrected chi connectivity index (χ1v) is 9.35. The number of rotatable bonds is 5. The Morgan fingerprint density at radius 1 is 1.39 bits per heavy atom. The van der Waals surface area contributed by atoms with Crippen molar-refractivity contribution < 1.29 is 4.79 Å². The van der Waals surface area contributed by atoms with Crippen LogP contribution in [0.25, 0.3) is 0 Å². The lowest BCUT2D eigenvalue weighted by Gasteiger charge is -2.32. The Bertz CT molecular complexity index is 647. The Hall–Kier alpha value is -1.46. The van der Waals surface area contributed by atoms with Gasteiger partial charge in [0.2, 0.25) is 5.91 Å². The van der Waals surface area contributed by atoms with Gasteiger partial charge < -0.3 is 4.90 Å². The summed E-state index contributed by atoms with van der Waals surface area (Å²) in [6.07, 6.45) is 3.93. The van der Waals surface area contributed by atoms with E-state index < -0.39 is 0 Å². The van der Waals surface area contributed by atoms with Crippen LogP contribution < -0.4 is 0 Å². The lowest BCUT2D eigenvalue weighted by molar-refractivity contribution is -0.129. The number of H-pyrrole nitrogens is 1. The second kappa shape index (κ2) is 7.88. The van der Waals surface area contributed by atoms with Crippen LogP contribution in [0.15, 0.2) is 36.5 Å². The summed E-state index contributed by atoms with van der Waals surface area (Å²) in [6.45, 7) is 1.64. The molecule has 0 bridgehead atoms. The number of aromatic amines is 1. The van der Waals surface area contributed by atoms with Crippen molar-refractivity contribution >= 4 is 29.3 Å². The first-order valence-electron chi connectivity index (χ1n) is 7.82. The minimum Gasteiger partial charge on any atom is -0.341 e. The summed E-state index contributed by atoms with van der Waals surface area (Å²) in [4.78, 5) is 14.4. The van der Waals surface area contributed by atoms with E-state index in [1.54, 1.807) is 18.0 Å². The third kappa shape index (κ3) is 4.30. The maximum atomic E-state index is 12.4. The molecule has 0 aliphatic carbocycles. The normalized spacial score (nSPS) is 18.1. The van der Waals surface area contributed by atoms with Gasteiger partial charge in [-0.05, 0) is 30.5 Å². The van der Waals surface area contributed by atoms with Crippen LogP contribution in [0.5, 0.6) is 0 Å². The molecule has 1 aliphatic heterocycles. The van der Waals surface area contributed by atoms with E-state index in [-0.39, 0.29) is 5.91 Å². The fourth-order valence-corrected chi connectivity index (χ4v) is 4.12. The number of hydrogen-bond donors (Lipinski definition) is 1. The molecule has 122 valence electrons. The number of piperidine rings is 1. The van der Waals surface area contributed by atoms with Gasteiger partial charge in [0.15, 0.2) is 0 Å². The van der Waals surface area contributed by atoms with Crippen molar-refractivity contribution in [1.82, 2.24) is 15.1 Å². The number of carbonyl (C=O) groups excluding carboxylic acids is 1. The van der Waals surface area contributed by atoms with Gasteiger partial charge in [0.25, 0.3) is 0 Å². The third-order valence-corrected chi connectivity index (χ3v) is 5.51. The number of benzene rings is 1. The molecule has 1 aromatic carbocycles. The van der Waals surface area contributed by atoms with Crippen molar-refractivity contribution in [3.8, 4) is 0 Å². The van der Waals surface area contributed by atoms with Crippen LogP contribution in [0, 0.1) is 0 Å². The minimum atomic E-state index is 0.214. The van der Waals surface area contributed by atoms with E-state index in [4.69, 9.17) is 11.6 Å². The number of nitrogens with one attached hydrogen (secondary N) is 1. The molecule has 23 heavy (non-hydrogen) atoms. The summed E-state index contributed by atoms with van der Waals surface area (Å²) in [6, 6.07) is 9.80. The monoisotopic (exact) mass is 349 g/mol. The summed E-state index contributed by atoms with van der Waals surface area (Å²) in [5.41, 5.74) is 2.21. The van der Waals surface area contributed by atoms with Gasteiger partial charge in [-0.2, -0.15) is 5.10 Å². The van der Waals surface area contributed by atoms with Gasteiger partial charge in [-0.25, -0.2) is 0 Å². The van der Waals surface area contributed by atoms with Crippen LogP contribution in [0.4, 0.5) is 0 Å². The van der Waals surface area contributed by atoms with E-state index in [9.17, 15) is 4.79 Å². The predicted molar refractivity (Wildman–Crippen MR) is 94.8 cm³/mol. The van der Waals surface area contributed by atoms with Crippen LogP contribution in [-0.4, -0.2) is 39.8 Å². The number of amides is 1. The first-order chi connectivity index (χ1) is 11.2. The summed E-state index contributed by atoms with van der Waals surface area (Å²) in [5.74, 6) is 1.86. The molecular formula is C17H20ClN3OS. The van der Waals surface area contributed by atoms with Crippen molar-refractivity contribution in [3.63, 3.8) is 0 Å². The highest BCUT2D eigenvalue weighted by Gasteiger charge is 2.25. The lowest BCUT2D eigenvalue weighted by atomic mass is 9.95. The van der Waals surface area contributed by atoms with Gasteiger partial charge in [-0.15, -0.1) is 11.8 Å². The van der Waals surface area contributed by atoms with E-state index in [0.29, 0.717) is 11.7 Å². The number of halogens is 1. The highest BCUT2D eigenvalue weighted by atomic mass is 35.5. The highest BCUT2D eigenvalue weighted by Crippen LogP contribution is 2.26. The Labute approximate surface area is 145 Å². The van der Waals surface area contributed by atoms with Crippen molar-refractivity contribution in [3.05, 3.63) is 52.8 Å². The molecule has 0 radical (unpaired) electrons. The average Bonchev–Trinajstić information content (AvgIpc) is 3.11. The van der Waals surface area contributed by atoms with Crippen molar-refractivity contribution in [1.29, 1.82) is 0 Å². The Morgan fingerprint density at radius 2 is 2.26 bits per heavy atom. The lowest BCUT2D eigenvalue weighted by Crippen LogP contribution is -2.40. The van der Waals surface area contributed by atoms with Gasteiger partial charge >= 0.3 is 0 Å². The van der Waals surface area contributed by atoms with Crippen molar-refractivity contribution in [2.45, 2.75) is 24.5 Å². The molecule has 1 saturated heterocycles. The van der Waals surface area contributed by atoms with Gasteiger partial charge in [0, 0.05) is 41.7 Å². The molecule has 2 aromatic rings. The molecule has 1 N–H and O–H groups in total. The maximum Gasteiger partial charge on any atom is 0.232 e. The fraction of sp³-hybridized carbons (Fsp3) is 0.412. The SMILES string of the molecule is O=C(CSCc1ccccc1Cl)N1CCC[C@@H](c2ccn[nH]2)C1. The van der Waals surface area contributed by atoms with Gasteiger partial charge in [0.1, 0.15) is 0 Å². The second-order valence-corrected chi connectivity index (χ2v) is 7.17. The first kappa shape index (κ1) is 16.4. The zero-order valence-electron chi connectivity index (χ0n) is 12.9. The molecule has 3 rings (SSSR count). The van der Waals surface area contributed by atoms with Crippen molar-refractivity contribution in [2.24, 2.45) is 0 Å². The average molecular weight is 350 g/mol. The standard InChI is InChI=1S/C17H20ClN3OS/c18-15-6-2-1-4-14(15)11-23-12-17(22)21-9-3-5-13(10-21)16-7-8-19-20-16/h1-2,4,6-8,13H,3,5,9-12H2,(H,19,20)/t13-/m1/s1. The smallest absolute Gasteiger partial charge is 0.232 e. The molecule has 1 aromatic heterocycles. The molecule has 1 amide bonds. The molecule has 1 fully saturated rings. The van der Waals surface area contributed by atoms with E-state index in [1.807, 2.05) is 35.2 Å². The third-order valence-electron chi connectivity index (χ3n) is 4.18. The molecule has 1 atom stereocenters. The fourth-order valence-electron chi connectivity index (χ4n) is 2.91. The Morgan fingerprint density at radius 3 is 3.04 bits per heavy atom. The van der Waals surface area contributed by atoms with Crippen molar-refractivity contribution in [2.75, 3.05) is 18.8 Å². The molecular weight excluding hydrogens is 330 g/mol. The molecule has 2 heterocycles. The van der Waals surface area contributed by atoms with E-state index in [2.05, 4.69) is 10.2 Å². The van der Waals surface area contributed by atoms with Crippen LogP contribution in [-0.2, 0) is 10.5 Å². The molecule has 6 heteroatoms. The Balaban J connectivity index is 1.49. The second-order valence-electron chi connectivity index (χ2n) is 5.78. The Kier molecular flexibility index (Phi) is 5.62. The molecule has 0 saturated carbocycles. The molecule has 0 unspecified atom stereocenters. The van der Waals surface area contributed by atoms with Crippen LogP contribution >= 0.6 is 23.4 Å². The summed E-state index contributed by atoms with van der Waals surface area (Å²) >= 11 is 7.77. The quantitative estimate of drug-likeness (QED) is 0.895. The zero-order valence-corrected chi connectivity index (χ0v) is 14.4. The van der Waals surface area contributed by atoms with Gasteiger partial charge in [-0.3, -0.25) is 9.89 Å². The highest BCUT2D eigenvalue weighted by molar-refractivity contribution is 7.99. The number of hydrogen-bond acceptors (Lipinski definition) is 3. The number of nitrogens with zero attached hydrogens (tertiary/aromatic N) is 2. The molecule has 0 spiro atoms. The van der Waals surface area contributed by atoms with E-state index >= 15 is 0 Å².